The lowest BCUT2D eigenvalue weighted by molar-refractivity contribution is -0.129. The average molecular weight is 273 g/mol. The molecular weight excluding hydrogens is 246 g/mol. The van der Waals surface area contributed by atoms with Crippen LogP contribution in [0, 0.1) is 0 Å². The number of nitrogens with zero attached hydrogens (tertiary/aromatic N) is 1. The maximum Gasteiger partial charge on any atom is 0.407 e. The lowest BCUT2D eigenvalue weighted by Crippen LogP contribution is -2.41. The van der Waals surface area contributed by atoms with Crippen molar-refractivity contribution in [3.8, 4) is 0 Å². The van der Waals surface area contributed by atoms with Crippen molar-refractivity contribution in [2.75, 3.05) is 32.7 Å². The molecule has 0 rings (SSSR count). The van der Waals surface area contributed by atoms with Gasteiger partial charge in [0.25, 0.3) is 0 Å². The molecule has 0 spiro atoms. The van der Waals surface area contributed by atoms with Crippen molar-refractivity contribution in [1.82, 2.24) is 15.5 Å². The molecule has 0 saturated carbocycles. The van der Waals surface area contributed by atoms with E-state index in [0.29, 0.717) is 26.2 Å². The maximum atomic E-state index is 11.6. The summed E-state index contributed by atoms with van der Waals surface area (Å²) in [5.74, 6) is 0.0715. The van der Waals surface area contributed by atoms with Gasteiger partial charge in [0.1, 0.15) is 5.60 Å². The summed E-state index contributed by atoms with van der Waals surface area (Å²) in [7, 11) is 0. The Morgan fingerprint density at radius 1 is 1.11 bits per heavy atom. The predicted molar refractivity (Wildman–Crippen MR) is 75.0 cm³/mol. The molecule has 0 aromatic carbocycles. The van der Waals surface area contributed by atoms with Gasteiger partial charge in [-0.2, -0.15) is 0 Å². The molecule has 0 aromatic rings. The number of likely N-dealkylation sites (N-methyl/N-ethyl adjacent to an activating group) is 1. The molecule has 0 bridgehead atoms. The summed E-state index contributed by atoms with van der Waals surface area (Å²) in [6.07, 6.45) is -0.440. The van der Waals surface area contributed by atoms with Crippen LogP contribution in [0.3, 0.4) is 0 Å². The van der Waals surface area contributed by atoms with Gasteiger partial charge in [-0.25, -0.2) is 4.79 Å². The Hall–Kier alpha value is -1.30. The van der Waals surface area contributed by atoms with E-state index in [9.17, 15) is 9.59 Å². The van der Waals surface area contributed by atoms with Gasteiger partial charge in [0.05, 0.1) is 6.54 Å². The number of hydrogen-bond donors (Lipinski definition) is 2. The van der Waals surface area contributed by atoms with Crippen molar-refractivity contribution >= 4 is 12.0 Å². The number of carbonyl (C=O) groups is 2. The van der Waals surface area contributed by atoms with E-state index >= 15 is 0 Å². The fourth-order valence-electron chi connectivity index (χ4n) is 1.45. The second-order valence-corrected chi connectivity index (χ2v) is 5.17. The zero-order chi connectivity index (χ0) is 14.9. The molecule has 0 atom stereocenters. The van der Waals surface area contributed by atoms with E-state index in [4.69, 9.17) is 4.74 Å². The van der Waals surface area contributed by atoms with Crippen molar-refractivity contribution in [2.24, 2.45) is 0 Å². The number of ether oxygens (including phenoxy) is 1. The van der Waals surface area contributed by atoms with E-state index in [1.165, 1.54) is 0 Å². The highest BCUT2D eigenvalue weighted by Gasteiger charge is 2.15. The lowest BCUT2D eigenvalue weighted by Gasteiger charge is -2.20. The van der Waals surface area contributed by atoms with Crippen molar-refractivity contribution in [1.29, 1.82) is 0 Å². The van der Waals surface area contributed by atoms with Gasteiger partial charge in [-0.1, -0.05) is 0 Å². The fourth-order valence-corrected chi connectivity index (χ4v) is 1.45. The first kappa shape index (κ1) is 17.7. The zero-order valence-corrected chi connectivity index (χ0v) is 12.7. The summed E-state index contributed by atoms with van der Waals surface area (Å²) in [5, 5.41) is 5.61. The summed E-state index contributed by atoms with van der Waals surface area (Å²) in [6.45, 7) is 12.0. The number of nitrogens with one attached hydrogen (secondary N) is 2. The van der Waals surface area contributed by atoms with Gasteiger partial charge in [0.2, 0.25) is 5.91 Å². The normalized spacial score (nSPS) is 11.0. The largest absolute Gasteiger partial charge is 0.444 e. The number of alkyl carbamates (subject to hydrolysis) is 1. The molecule has 0 aromatic heterocycles. The Kier molecular flexibility index (Phi) is 8.14. The van der Waals surface area contributed by atoms with Gasteiger partial charge >= 0.3 is 6.09 Å². The Bertz CT molecular complexity index is 283. The third-order valence-corrected chi connectivity index (χ3v) is 2.36. The van der Waals surface area contributed by atoms with Crippen LogP contribution in [0.1, 0.15) is 34.6 Å². The molecule has 0 aliphatic heterocycles. The van der Waals surface area contributed by atoms with Gasteiger partial charge in [0, 0.05) is 26.2 Å². The Balaban J connectivity index is 3.66. The van der Waals surface area contributed by atoms with Crippen LogP contribution in [0.2, 0.25) is 0 Å². The van der Waals surface area contributed by atoms with Crippen molar-refractivity contribution in [3.05, 3.63) is 0 Å². The minimum Gasteiger partial charge on any atom is -0.444 e. The van der Waals surface area contributed by atoms with E-state index < -0.39 is 11.7 Å². The third kappa shape index (κ3) is 9.30. The molecule has 6 nitrogen and oxygen atoms in total. The Morgan fingerprint density at radius 3 is 2.16 bits per heavy atom. The molecule has 0 aliphatic rings. The quantitative estimate of drug-likeness (QED) is 0.678. The number of amides is 2. The average Bonchev–Trinajstić information content (AvgIpc) is 2.27. The summed E-state index contributed by atoms with van der Waals surface area (Å²) < 4.78 is 5.09. The van der Waals surface area contributed by atoms with Gasteiger partial charge in [-0.15, -0.1) is 0 Å². The molecular formula is C13H27N3O3. The Labute approximate surface area is 115 Å². The first-order valence-electron chi connectivity index (χ1n) is 6.75. The van der Waals surface area contributed by atoms with E-state index in [-0.39, 0.29) is 12.5 Å². The van der Waals surface area contributed by atoms with Gasteiger partial charge in [0.15, 0.2) is 0 Å². The molecule has 6 heteroatoms. The highest BCUT2D eigenvalue weighted by atomic mass is 16.6. The first-order valence-corrected chi connectivity index (χ1v) is 6.75. The lowest BCUT2D eigenvalue weighted by atomic mass is 10.2. The molecule has 0 unspecified atom stereocenters. The first-order chi connectivity index (χ1) is 8.80. The number of rotatable bonds is 7. The van der Waals surface area contributed by atoms with Crippen molar-refractivity contribution in [3.63, 3.8) is 0 Å². The van der Waals surface area contributed by atoms with Crippen LogP contribution in [-0.4, -0.2) is 55.2 Å². The molecule has 0 radical (unpaired) electrons. The Morgan fingerprint density at radius 2 is 1.68 bits per heavy atom. The van der Waals surface area contributed by atoms with Crippen LogP contribution in [0.5, 0.6) is 0 Å². The summed E-state index contributed by atoms with van der Waals surface area (Å²) >= 11 is 0. The molecule has 2 amide bonds. The van der Waals surface area contributed by atoms with E-state index in [2.05, 4.69) is 10.6 Å². The minimum absolute atomic E-state index is 0.0715. The topological polar surface area (TPSA) is 70.7 Å². The smallest absolute Gasteiger partial charge is 0.407 e. The van der Waals surface area contributed by atoms with Crippen LogP contribution in [0.4, 0.5) is 4.79 Å². The second-order valence-electron chi connectivity index (χ2n) is 5.17. The summed E-state index contributed by atoms with van der Waals surface area (Å²) in [6, 6.07) is 0. The van der Waals surface area contributed by atoms with Crippen LogP contribution >= 0.6 is 0 Å². The fraction of sp³-hybridized carbons (Fsp3) is 0.846. The van der Waals surface area contributed by atoms with Crippen molar-refractivity contribution in [2.45, 2.75) is 40.2 Å². The molecule has 19 heavy (non-hydrogen) atoms. The highest BCUT2D eigenvalue weighted by Crippen LogP contribution is 2.05. The molecule has 0 fully saturated rings. The van der Waals surface area contributed by atoms with E-state index in [0.717, 1.165) is 0 Å². The molecule has 0 heterocycles. The molecule has 2 N–H and O–H groups in total. The summed E-state index contributed by atoms with van der Waals surface area (Å²) in [4.78, 5) is 24.7. The van der Waals surface area contributed by atoms with Gasteiger partial charge in [-0.3, -0.25) is 4.79 Å². The molecule has 0 saturated heterocycles. The van der Waals surface area contributed by atoms with Crippen LogP contribution in [0.15, 0.2) is 0 Å². The van der Waals surface area contributed by atoms with Gasteiger partial charge < -0.3 is 20.3 Å². The highest BCUT2D eigenvalue weighted by molar-refractivity contribution is 5.78. The monoisotopic (exact) mass is 273 g/mol. The third-order valence-electron chi connectivity index (χ3n) is 2.36. The van der Waals surface area contributed by atoms with E-state index in [1.54, 1.807) is 4.90 Å². The number of hydrogen-bond acceptors (Lipinski definition) is 4. The van der Waals surface area contributed by atoms with E-state index in [1.807, 2.05) is 34.6 Å². The summed E-state index contributed by atoms with van der Waals surface area (Å²) in [5.41, 5.74) is -0.490. The SMILES string of the molecule is CCN(CC)C(=O)CNCCNC(=O)OC(C)(C)C. The zero-order valence-electron chi connectivity index (χ0n) is 12.7. The van der Waals surface area contributed by atoms with Gasteiger partial charge in [-0.05, 0) is 34.6 Å². The maximum absolute atomic E-state index is 11.6. The second kappa shape index (κ2) is 8.74. The molecule has 0 aliphatic carbocycles. The standard InChI is InChI=1S/C13H27N3O3/c1-6-16(7-2)11(17)10-14-8-9-15-12(18)19-13(3,4)5/h14H,6-10H2,1-5H3,(H,15,18). The van der Waals surface area contributed by atoms with Crippen molar-refractivity contribution < 1.29 is 14.3 Å². The van der Waals surface area contributed by atoms with Crippen LogP contribution in [-0.2, 0) is 9.53 Å². The molecule has 112 valence electrons. The minimum atomic E-state index is -0.490. The van der Waals surface area contributed by atoms with Crippen LogP contribution in [0.25, 0.3) is 0 Å². The van der Waals surface area contributed by atoms with Crippen LogP contribution < -0.4 is 10.6 Å². The number of carbonyl (C=O) groups excluding carboxylic acids is 2. The predicted octanol–water partition coefficient (Wildman–Crippen LogP) is 0.969.